The molecule has 1 heterocycles. The predicted octanol–water partition coefficient (Wildman–Crippen LogP) is 5.13. The van der Waals surface area contributed by atoms with Crippen LogP contribution in [0.15, 0.2) is 24.3 Å². The summed E-state index contributed by atoms with van der Waals surface area (Å²) in [5.74, 6) is 2.41. The van der Waals surface area contributed by atoms with E-state index in [0.29, 0.717) is 12.5 Å². The summed E-state index contributed by atoms with van der Waals surface area (Å²) in [5, 5.41) is 4.10. The van der Waals surface area contributed by atoms with Crippen LogP contribution in [0.25, 0.3) is 10.6 Å². The Morgan fingerprint density at radius 1 is 1.21 bits per heavy atom. The van der Waals surface area contributed by atoms with E-state index in [1.54, 1.807) is 17.4 Å². The predicted molar refractivity (Wildman–Crippen MR) is 110 cm³/mol. The molecule has 1 aromatic carbocycles. The molecular weight excluding hydrogens is 371 g/mol. The van der Waals surface area contributed by atoms with Crippen LogP contribution < -0.4 is 5.32 Å². The van der Waals surface area contributed by atoms with E-state index in [2.05, 4.69) is 10.3 Å². The Morgan fingerprint density at radius 3 is 2.54 bits per heavy atom. The first-order valence-corrected chi connectivity index (χ1v) is 11.3. The molecule has 0 radical (unpaired) electrons. The molecular formula is C23H27FN2OS. The van der Waals surface area contributed by atoms with Crippen LogP contribution in [0.3, 0.4) is 0 Å². The fraction of sp³-hybridized carbons (Fsp3) is 0.565. The minimum absolute atomic E-state index is 0.0791. The molecule has 6 rings (SSSR count). The van der Waals surface area contributed by atoms with Crippen LogP contribution in [-0.4, -0.2) is 17.4 Å². The molecule has 4 aliphatic carbocycles. The van der Waals surface area contributed by atoms with E-state index >= 15 is 0 Å². The summed E-state index contributed by atoms with van der Waals surface area (Å²) in [5.41, 5.74) is 1.72. The number of aromatic nitrogens is 1. The first-order chi connectivity index (χ1) is 13.5. The number of carbonyl (C=O) groups excluding carboxylic acids is 1. The summed E-state index contributed by atoms with van der Waals surface area (Å²) < 4.78 is 13.5. The summed E-state index contributed by atoms with van der Waals surface area (Å²) in [6, 6.07) is 6.58. The molecule has 5 heteroatoms. The molecule has 148 valence electrons. The molecule has 4 aliphatic rings. The van der Waals surface area contributed by atoms with Gasteiger partial charge in [-0.15, -0.1) is 11.3 Å². The second kappa shape index (κ2) is 6.94. The Bertz CT molecular complexity index is 870. The number of hydrogen-bond acceptors (Lipinski definition) is 3. The highest BCUT2D eigenvalue weighted by Crippen LogP contribution is 2.60. The molecule has 0 unspecified atom stereocenters. The fourth-order valence-corrected chi connectivity index (χ4v) is 7.33. The maximum absolute atomic E-state index is 13.5. The molecule has 3 nitrogen and oxygen atoms in total. The number of amides is 1. The van der Waals surface area contributed by atoms with Crippen LogP contribution in [-0.2, 0) is 11.2 Å². The largest absolute Gasteiger partial charge is 0.355 e. The minimum Gasteiger partial charge on any atom is -0.355 e. The molecule has 0 spiro atoms. The van der Waals surface area contributed by atoms with Crippen molar-refractivity contribution in [2.75, 3.05) is 6.54 Å². The zero-order valence-corrected chi connectivity index (χ0v) is 17.2. The van der Waals surface area contributed by atoms with E-state index < -0.39 is 0 Å². The van der Waals surface area contributed by atoms with Crippen molar-refractivity contribution in [1.82, 2.24) is 10.3 Å². The average Bonchev–Trinajstić information content (AvgIpc) is 3.01. The summed E-state index contributed by atoms with van der Waals surface area (Å²) in [4.78, 5) is 18.9. The molecule has 4 bridgehead atoms. The molecule has 2 aromatic rings. The Labute approximate surface area is 169 Å². The summed E-state index contributed by atoms with van der Waals surface area (Å²) in [7, 11) is 0. The van der Waals surface area contributed by atoms with Crippen LogP contribution >= 0.6 is 11.3 Å². The van der Waals surface area contributed by atoms with Crippen LogP contribution in [0.4, 0.5) is 4.39 Å². The third-order valence-corrected chi connectivity index (χ3v) is 8.39. The number of aryl methyl sites for hydroxylation is 1. The van der Waals surface area contributed by atoms with Crippen molar-refractivity contribution in [3.63, 3.8) is 0 Å². The highest BCUT2D eigenvalue weighted by atomic mass is 32.1. The van der Waals surface area contributed by atoms with Gasteiger partial charge in [0.05, 0.1) is 5.69 Å². The first-order valence-electron chi connectivity index (χ1n) is 10.5. The zero-order valence-electron chi connectivity index (χ0n) is 16.3. The van der Waals surface area contributed by atoms with Gasteiger partial charge in [0, 0.05) is 28.8 Å². The second-order valence-electron chi connectivity index (χ2n) is 9.24. The summed E-state index contributed by atoms with van der Waals surface area (Å²) in [6.07, 6.45) is 8.17. The number of carbonyl (C=O) groups is 1. The number of halogens is 1. The van der Waals surface area contributed by atoms with Crippen LogP contribution in [0.2, 0.25) is 0 Å². The molecule has 0 aliphatic heterocycles. The monoisotopic (exact) mass is 398 g/mol. The number of nitrogens with one attached hydrogen (secondary N) is 1. The van der Waals surface area contributed by atoms with Crippen molar-refractivity contribution in [2.24, 2.45) is 23.2 Å². The number of thiazole rings is 1. The Hall–Kier alpha value is -1.75. The molecule has 1 N–H and O–H groups in total. The molecule has 4 saturated carbocycles. The minimum atomic E-state index is -0.241. The van der Waals surface area contributed by atoms with Crippen LogP contribution in [0, 0.1) is 35.9 Å². The van der Waals surface area contributed by atoms with E-state index in [-0.39, 0.29) is 11.2 Å². The van der Waals surface area contributed by atoms with E-state index in [4.69, 9.17) is 0 Å². The van der Waals surface area contributed by atoms with Crippen LogP contribution in [0.5, 0.6) is 0 Å². The lowest BCUT2D eigenvalue weighted by Crippen LogP contribution is -2.53. The SMILES string of the molecule is Cc1nc(-c2cccc(F)c2)sc1CCNC(=O)C12CC3CC(CC(C3)C1)C2. The van der Waals surface area contributed by atoms with Crippen molar-refractivity contribution in [3.05, 3.63) is 40.7 Å². The van der Waals surface area contributed by atoms with Gasteiger partial charge in [-0.2, -0.15) is 0 Å². The molecule has 0 atom stereocenters. The lowest BCUT2D eigenvalue weighted by Gasteiger charge is -2.55. The van der Waals surface area contributed by atoms with Gasteiger partial charge in [0.25, 0.3) is 0 Å². The number of benzene rings is 1. The maximum Gasteiger partial charge on any atom is 0.226 e. The molecule has 1 amide bonds. The fourth-order valence-electron chi connectivity index (χ4n) is 6.27. The second-order valence-corrected chi connectivity index (χ2v) is 10.3. The van der Waals surface area contributed by atoms with Crippen molar-refractivity contribution in [3.8, 4) is 10.6 Å². The molecule has 28 heavy (non-hydrogen) atoms. The van der Waals surface area contributed by atoms with Gasteiger partial charge in [-0.05, 0) is 75.3 Å². The van der Waals surface area contributed by atoms with Gasteiger partial charge < -0.3 is 5.32 Å². The Balaban J connectivity index is 1.22. The highest BCUT2D eigenvalue weighted by molar-refractivity contribution is 7.15. The Kier molecular flexibility index (Phi) is 4.53. The van der Waals surface area contributed by atoms with Gasteiger partial charge in [-0.3, -0.25) is 4.79 Å². The standard InChI is InChI=1S/C23H27FN2OS/c1-14-20(28-21(26-14)18-3-2-4-19(24)10-18)5-6-25-22(27)23-11-15-7-16(12-23)9-17(8-15)13-23/h2-4,10,15-17H,5-9,11-13H2,1H3,(H,25,27). The summed E-state index contributed by atoms with van der Waals surface area (Å²) in [6.45, 7) is 2.65. The highest BCUT2D eigenvalue weighted by Gasteiger charge is 2.54. The number of rotatable bonds is 5. The number of nitrogens with zero attached hydrogens (tertiary/aromatic N) is 1. The van der Waals surface area contributed by atoms with Gasteiger partial charge in [-0.25, -0.2) is 9.37 Å². The van der Waals surface area contributed by atoms with Crippen molar-refractivity contribution >= 4 is 17.2 Å². The maximum atomic E-state index is 13.5. The van der Waals surface area contributed by atoms with Crippen molar-refractivity contribution in [1.29, 1.82) is 0 Å². The van der Waals surface area contributed by atoms with E-state index in [0.717, 1.165) is 59.7 Å². The number of hydrogen-bond donors (Lipinski definition) is 1. The normalized spacial score (nSPS) is 30.6. The van der Waals surface area contributed by atoms with Crippen LogP contribution in [0.1, 0.15) is 49.1 Å². The van der Waals surface area contributed by atoms with Crippen molar-refractivity contribution < 1.29 is 9.18 Å². The van der Waals surface area contributed by atoms with E-state index in [1.165, 1.54) is 36.3 Å². The van der Waals surface area contributed by atoms with E-state index in [9.17, 15) is 9.18 Å². The third-order valence-electron chi connectivity index (χ3n) is 7.12. The third kappa shape index (κ3) is 3.28. The zero-order chi connectivity index (χ0) is 19.3. The average molecular weight is 399 g/mol. The first kappa shape index (κ1) is 18.3. The lowest BCUT2D eigenvalue weighted by atomic mass is 9.49. The van der Waals surface area contributed by atoms with Crippen molar-refractivity contribution in [2.45, 2.75) is 51.9 Å². The molecule has 4 fully saturated rings. The quantitative estimate of drug-likeness (QED) is 0.758. The van der Waals surface area contributed by atoms with Gasteiger partial charge in [0.1, 0.15) is 10.8 Å². The topological polar surface area (TPSA) is 42.0 Å². The van der Waals surface area contributed by atoms with Gasteiger partial charge in [0.15, 0.2) is 0 Å². The smallest absolute Gasteiger partial charge is 0.226 e. The molecule has 0 saturated heterocycles. The van der Waals surface area contributed by atoms with E-state index in [1.807, 2.05) is 13.0 Å². The van der Waals surface area contributed by atoms with Gasteiger partial charge in [0.2, 0.25) is 5.91 Å². The Morgan fingerprint density at radius 2 is 1.89 bits per heavy atom. The lowest BCUT2D eigenvalue weighted by molar-refractivity contribution is -0.146. The molecule has 1 aromatic heterocycles. The van der Waals surface area contributed by atoms with Gasteiger partial charge in [-0.1, -0.05) is 12.1 Å². The van der Waals surface area contributed by atoms with Gasteiger partial charge >= 0.3 is 0 Å². The summed E-state index contributed by atoms with van der Waals surface area (Å²) >= 11 is 1.60.